The largest absolute Gasteiger partial charge is 0.354 e. The molecule has 0 fully saturated rings. The zero-order chi connectivity index (χ0) is 21.8. The molecule has 0 bridgehead atoms. The van der Waals surface area contributed by atoms with Crippen molar-refractivity contribution in [3.8, 4) is 11.8 Å². The highest BCUT2D eigenvalue weighted by Gasteiger charge is 2.09. The zero-order valence-corrected chi connectivity index (χ0v) is 17.5. The van der Waals surface area contributed by atoms with Gasteiger partial charge in [0.05, 0.1) is 0 Å². The second-order valence-electron chi connectivity index (χ2n) is 7.93. The predicted octanol–water partition coefficient (Wildman–Crippen LogP) is 7.65. The number of aryl methyl sites for hydroxylation is 1. The van der Waals surface area contributed by atoms with Crippen LogP contribution in [-0.4, -0.2) is 4.98 Å². The van der Waals surface area contributed by atoms with Crippen LogP contribution >= 0.6 is 0 Å². The summed E-state index contributed by atoms with van der Waals surface area (Å²) < 4.78 is 39.8. The lowest BCUT2D eigenvalue weighted by atomic mass is 10.0. The molecule has 31 heavy (non-hydrogen) atoms. The number of H-pyrrole nitrogens is 1. The average molecular weight is 419 g/mol. The van der Waals surface area contributed by atoms with Crippen LogP contribution in [0, 0.1) is 29.3 Å². The van der Waals surface area contributed by atoms with Crippen molar-refractivity contribution in [1.29, 1.82) is 0 Å². The highest BCUT2D eigenvalue weighted by Crippen LogP contribution is 2.27. The summed E-state index contributed by atoms with van der Waals surface area (Å²) in [5, 5.41) is 2.26. The molecule has 158 valence electrons. The van der Waals surface area contributed by atoms with Gasteiger partial charge in [0.15, 0.2) is 17.5 Å². The molecule has 0 atom stereocenters. The molecule has 0 unspecified atom stereocenters. The minimum atomic E-state index is -1.48. The quantitative estimate of drug-likeness (QED) is 0.188. The van der Waals surface area contributed by atoms with Gasteiger partial charge in [0.2, 0.25) is 0 Å². The summed E-state index contributed by atoms with van der Waals surface area (Å²) in [7, 11) is 0. The Hall–Kier alpha value is -3.19. The Morgan fingerprint density at radius 1 is 0.710 bits per heavy atom. The Kier molecular flexibility index (Phi) is 6.32. The third-order valence-corrected chi connectivity index (χ3v) is 5.57. The number of hydrogen-bond donors (Lipinski definition) is 1. The first-order valence-corrected chi connectivity index (χ1v) is 10.8. The van der Waals surface area contributed by atoms with E-state index in [2.05, 4.69) is 41.9 Å². The second kappa shape index (κ2) is 9.31. The molecule has 0 aliphatic carbocycles. The van der Waals surface area contributed by atoms with Crippen LogP contribution in [0.4, 0.5) is 13.2 Å². The number of nitrogens with one attached hydrogen (secondary N) is 1. The molecule has 3 aromatic carbocycles. The Morgan fingerprint density at radius 2 is 1.35 bits per heavy atom. The molecule has 0 saturated carbocycles. The summed E-state index contributed by atoms with van der Waals surface area (Å²) in [4.78, 5) is 3.46. The van der Waals surface area contributed by atoms with Crippen LogP contribution in [0.1, 0.15) is 55.7 Å². The van der Waals surface area contributed by atoms with Crippen molar-refractivity contribution in [3.63, 3.8) is 0 Å². The van der Waals surface area contributed by atoms with E-state index < -0.39 is 17.5 Å². The Morgan fingerprint density at radius 3 is 2.10 bits per heavy atom. The summed E-state index contributed by atoms with van der Waals surface area (Å²) in [6.07, 6.45) is 7.41. The monoisotopic (exact) mass is 419 g/mol. The summed E-state index contributed by atoms with van der Waals surface area (Å²) in [6, 6.07) is 14.2. The normalized spacial score (nSPS) is 11.1. The zero-order valence-electron chi connectivity index (χ0n) is 17.5. The van der Waals surface area contributed by atoms with Gasteiger partial charge in [-0.1, -0.05) is 62.6 Å². The average Bonchev–Trinajstić information content (AvgIpc) is 3.12. The van der Waals surface area contributed by atoms with E-state index in [1.807, 2.05) is 18.2 Å². The highest BCUT2D eigenvalue weighted by molar-refractivity contribution is 6.07. The van der Waals surface area contributed by atoms with Gasteiger partial charge in [-0.25, -0.2) is 13.2 Å². The molecule has 1 N–H and O–H groups in total. The second-order valence-corrected chi connectivity index (χ2v) is 7.93. The molecule has 0 radical (unpaired) electrons. The molecular weight excluding hydrogens is 395 g/mol. The maximum Gasteiger partial charge on any atom is 0.194 e. The van der Waals surface area contributed by atoms with Crippen molar-refractivity contribution >= 4 is 21.8 Å². The topological polar surface area (TPSA) is 15.8 Å². The molecular formula is C27H24F3N. The number of rotatable bonds is 6. The predicted molar refractivity (Wildman–Crippen MR) is 121 cm³/mol. The van der Waals surface area contributed by atoms with E-state index >= 15 is 0 Å². The molecule has 0 saturated heterocycles. The number of unbranched alkanes of at least 4 members (excludes halogenated alkanes) is 4. The van der Waals surface area contributed by atoms with Crippen LogP contribution in [-0.2, 0) is 6.42 Å². The molecule has 4 aromatic rings. The van der Waals surface area contributed by atoms with Crippen molar-refractivity contribution in [3.05, 3.63) is 82.7 Å². The van der Waals surface area contributed by atoms with Crippen LogP contribution in [0.5, 0.6) is 0 Å². The van der Waals surface area contributed by atoms with E-state index in [0.717, 1.165) is 40.4 Å². The van der Waals surface area contributed by atoms with Crippen molar-refractivity contribution in [2.24, 2.45) is 0 Å². The number of fused-ring (bicyclic) bond motifs is 3. The van der Waals surface area contributed by atoms with Crippen molar-refractivity contribution < 1.29 is 13.2 Å². The van der Waals surface area contributed by atoms with Crippen LogP contribution in [0.3, 0.4) is 0 Å². The first-order valence-electron chi connectivity index (χ1n) is 10.8. The smallest absolute Gasteiger partial charge is 0.194 e. The van der Waals surface area contributed by atoms with Gasteiger partial charge >= 0.3 is 0 Å². The van der Waals surface area contributed by atoms with E-state index in [0.29, 0.717) is 5.56 Å². The Balaban J connectivity index is 1.56. The number of aromatic amines is 1. The van der Waals surface area contributed by atoms with Gasteiger partial charge in [0.1, 0.15) is 0 Å². The number of aromatic nitrogens is 1. The number of halogens is 3. The van der Waals surface area contributed by atoms with Gasteiger partial charge in [-0.05, 0) is 48.7 Å². The Bertz CT molecular complexity index is 1270. The van der Waals surface area contributed by atoms with Crippen LogP contribution in [0.2, 0.25) is 0 Å². The van der Waals surface area contributed by atoms with Gasteiger partial charge in [-0.2, -0.15) is 0 Å². The van der Waals surface area contributed by atoms with E-state index in [1.165, 1.54) is 37.7 Å². The number of benzene rings is 3. The molecule has 0 aliphatic rings. The first kappa shape index (κ1) is 21.1. The van der Waals surface area contributed by atoms with Crippen molar-refractivity contribution in [2.45, 2.75) is 45.4 Å². The molecule has 4 heteroatoms. The maximum absolute atomic E-state index is 13.4. The fourth-order valence-corrected chi connectivity index (χ4v) is 3.90. The molecule has 4 rings (SSSR count). The fourth-order valence-electron chi connectivity index (χ4n) is 3.90. The fraction of sp³-hybridized carbons (Fsp3) is 0.259. The van der Waals surface area contributed by atoms with Crippen LogP contribution < -0.4 is 0 Å². The van der Waals surface area contributed by atoms with Crippen LogP contribution in [0.15, 0.2) is 48.5 Å². The summed E-state index contributed by atoms with van der Waals surface area (Å²) in [6.45, 7) is 2.23. The highest BCUT2D eigenvalue weighted by atomic mass is 19.2. The van der Waals surface area contributed by atoms with Crippen LogP contribution in [0.25, 0.3) is 21.8 Å². The minimum Gasteiger partial charge on any atom is -0.354 e. The molecule has 0 aliphatic heterocycles. The summed E-state index contributed by atoms with van der Waals surface area (Å²) in [5.41, 5.74) is 4.18. The van der Waals surface area contributed by atoms with E-state index in [1.54, 1.807) is 0 Å². The SMILES string of the molecule is CCCCCCCc1ccc2c(c1)[nH]c1cc(C#Cc3cc(F)c(F)c(F)c3)ccc12. The maximum atomic E-state index is 13.4. The molecule has 1 nitrogen and oxygen atoms in total. The van der Waals surface area contributed by atoms with E-state index in [9.17, 15) is 13.2 Å². The van der Waals surface area contributed by atoms with Gasteiger partial charge in [0.25, 0.3) is 0 Å². The third-order valence-electron chi connectivity index (χ3n) is 5.57. The first-order chi connectivity index (χ1) is 15.0. The minimum absolute atomic E-state index is 0.0942. The number of hydrogen-bond acceptors (Lipinski definition) is 0. The lowest BCUT2D eigenvalue weighted by Gasteiger charge is -2.02. The standard InChI is InChI=1S/C27H24F3N/c1-2-3-4-5-6-7-18-10-12-21-22-13-11-19(17-26(22)31-25(21)16-18)8-9-20-14-23(28)27(30)24(29)15-20/h10-17,31H,2-7H2,1H3. The van der Waals surface area contributed by atoms with Crippen molar-refractivity contribution in [1.82, 2.24) is 4.98 Å². The van der Waals surface area contributed by atoms with Gasteiger partial charge in [-0.3, -0.25) is 0 Å². The molecule has 1 aromatic heterocycles. The van der Waals surface area contributed by atoms with Gasteiger partial charge < -0.3 is 4.98 Å². The molecule has 1 heterocycles. The summed E-state index contributed by atoms with van der Waals surface area (Å²) >= 11 is 0. The lowest BCUT2D eigenvalue weighted by molar-refractivity contribution is 0.446. The molecule has 0 amide bonds. The summed E-state index contributed by atoms with van der Waals surface area (Å²) in [5.74, 6) is 1.65. The van der Waals surface area contributed by atoms with Crippen molar-refractivity contribution in [2.75, 3.05) is 0 Å². The third kappa shape index (κ3) is 4.77. The van der Waals surface area contributed by atoms with Gasteiger partial charge in [0, 0.05) is 32.9 Å². The lowest BCUT2D eigenvalue weighted by Crippen LogP contribution is -1.91. The van der Waals surface area contributed by atoms with E-state index in [4.69, 9.17) is 0 Å². The van der Waals surface area contributed by atoms with Gasteiger partial charge in [-0.15, -0.1) is 0 Å². The van der Waals surface area contributed by atoms with E-state index in [-0.39, 0.29) is 5.56 Å². The Labute approximate surface area is 180 Å². The molecule has 0 spiro atoms.